The highest BCUT2D eigenvalue weighted by molar-refractivity contribution is 6.31. The van der Waals surface area contributed by atoms with E-state index >= 15 is 0 Å². The second-order valence-electron chi connectivity index (χ2n) is 5.71. The molecule has 1 heterocycles. The maximum Gasteiger partial charge on any atom is 0.263 e. The SMILES string of the molecule is COc1ccccc1NC(=O)c1cccn(Cc2c(F)cccc2Cl)c1=O. The predicted molar refractivity (Wildman–Crippen MR) is 102 cm³/mol. The third-order valence-electron chi connectivity index (χ3n) is 4.01. The number of nitrogens with zero attached hydrogens (tertiary/aromatic N) is 1. The van der Waals surface area contributed by atoms with Gasteiger partial charge in [-0.05, 0) is 36.4 Å². The molecule has 5 nitrogen and oxygen atoms in total. The van der Waals surface area contributed by atoms with E-state index in [0.717, 1.165) is 0 Å². The predicted octanol–water partition coefficient (Wildman–Crippen LogP) is 3.95. The van der Waals surface area contributed by atoms with Crippen LogP contribution in [0.25, 0.3) is 0 Å². The largest absolute Gasteiger partial charge is 0.495 e. The van der Waals surface area contributed by atoms with Gasteiger partial charge in [0.2, 0.25) is 0 Å². The smallest absolute Gasteiger partial charge is 0.263 e. The number of halogens is 2. The molecule has 0 unspecified atom stereocenters. The molecule has 0 atom stereocenters. The monoisotopic (exact) mass is 386 g/mol. The molecule has 0 saturated carbocycles. The molecule has 0 aliphatic rings. The quantitative estimate of drug-likeness (QED) is 0.722. The Hall–Kier alpha value is -3.12. The molecule has 7 heteroatoms. The number of aromatic nitrogens is 1. The van der Waals surface area contributed by atoms with Gasteiger partial charge in [-0.2, -0.15) is 0 Å². The van der Waals surface area contributed by atoms with Crippen molar-refractivity contribution >= 4 is 23.2 Å². The molecule has 0 bridgehead atoms. The average Bonchev–Trinajstić information content (AvgIpc) is 2.66. The molecule has 0 radical (unpaired) electrons. The van der Waals surface area contributed by atoms with Gasteiger partial charge in [0.05, 0.1) is 19.3 Å². The number of amides is 1. The summed E-state index contributed by atoms with van der Waals surface area (Å²) in [5.41, 5.74) is 0.000547. The van der Waals surface area contributed by atoms with Crippen LogP contribution in [0.5, 0.6) is 5.75 Å². The van der Waals surface area contributed by atoms with E-state index in [2.05, 4.69) is 5.32 Å². The highest BCUT2D eigenvalue weighted by atomic mass is 35.5. The van der Waals surface area contributed by atoms with Gasteiger partial charge in [-0.3, -0.25) is 9.59 Å². The van der Waals surface area contributed by atoms with E-state index in [0.29, 0.717) is 11.4 Å². The number of hydrogen-bond acceptors (Lipinski definition) is 3. The lowest BCUT2D eigenvalue weighted by Crippen LogP contribution is -2.29. The Bertz CT molecular complexity index is 1030. The van der Waals surface area contributed by atoms with Crippen LogP contribution in [0.3, 0.4) is 0 Å². The molecule has 0 aliphatic heterocycles. The van der Waals surface area contributed by atoms with Crippen molar-refractivity contribution < 1.29 is 13.9 Å². The summed E-state index contributed by atoms with van der Waals surface area (Å²) in [4.78, 5) is 25.2. The Kier molecular flexibility index (Phi) is 5.57. The van der Waals surface area contributed by atoms with Crippen molar-refractivity contribution in [2.75, 3.05) is 12.4 Å². The first kappa shape index (κ1) is 18.7. The van der Waals surface area contributed by atoms with Crippen molar-refractivity contribution in [3.05, 3.63) is 93.1 Å². The molecule has 0 spiro atoms. The maximum absolute atomic E-state index is 14.0. The first-order chi connectivity index (χ1) is 13.0. The summed E-state index contributed by atoms with van der Waals surface area (Å²) >= 11 is 6.03. The molecule has 0 fully saturated rings. The summed E-state index contributed by atoms with van der Waals surface area (Å²) in [5, 5.41) is 2.87. The zero-order valence-electron chi connectivity index (χ0n) is 14.4. The summed E-state index contributed by atoms with van der Waals surface area (Å²) in [5.74, 6) is -0.628. The van der Waals surface area contributed by atoms with Crippen molar-refractivity contribution in [3.8, 4) is 5.75 Å². The standard InChI is InChI=1S/C20H16ClFN2O3/c1-27-18-10-3-2-9-17(18)23-19(25)13-6-5-11-24(20(13)26)12-14-15(21)7-4-8-16(14)22/h2-11H,12H2,1H3,(H,23,25). The number of hydrogen-bond donors (Lipinski definition) is 1. The molecule has 27 heavy (non-hydrogen) atoms. The number of methoxy groups -OCH3 is 1. The van der Waals surface area contributed by atoms with E-state index in [9.17, 15) is 14.0 Å². The van der Waals surface area contributed by atoms with Crippen LogP contribution in [0, 0.1) is 5.82 Å². The first-order valence-corrected chi connectivity index (χ1v) is 8.45. The highest BCUT2D eigenvalue weighted by Crippen LogP contribution is 2.23. The number of ether oxygens (including phenoxy) is 1. The number of benzene rings is 2. The summed E-state index contributed by atoms with van der Waals surface area (Å²) in [6, 6.07) is 14.1. The minimum absolute atomic E-state index is 0.0733. The third kappa shape index (κ3) is 4.01. The number of anilines is 1. The van der Waals surface area contributed by atoms with Crippen LogP contribution in [-0.2, 0) is 6.54 Å². The molecule has 1 amide bonds. The first-order valence-electron chi connectivity index (χ1n) is 8.08. The minimum atomic E-state index is -0.585. The molecule has 0 saturated heterocycles. The molecule has 3 aromatic rings. The maximum atomic E-state index is 14.0. The second kappa shape index (κ2) is 8.05. The average molecular weight is 387 g/mol. The molecule has 1 aromatic heterocycles. The van der Waals surface area contributed by atoms with Crippen molar-refractivity contribution in [2.24, 2.45) is 0 Å². The fourth-order valence-corrected chi connectivity index (χ4v) is 2.85. The van der Waals surface area contributed by atoms with E-state index in [1.54, 1.807) is 36.4 Å². The van der Waals surface area contributed by atoms with Crippen LogP contribution in [0.15, 0.2) is 65.6 Å². The number of nitrogens with one attached hydrogen (secondary N) is 1. The normalized spacial score (nSPS) is 10.5. The zero-order valence-corrected chi connectivity index (χ0v) is 15.2. The van der Waals surface area contributed by atoms with Crippen LogP contribution in [0.4, 0.5) is 10.1 Å². The van der Waals surface area contributed by atoms with Crippen LogP contribution in [0.2, 0.25) is 5.02 Å². The second-order valence-corrected chi connectivity index (χ2v) is 6.12. The van der Waals surface area contributed by atoms with Gasteiger partial charge in [0.25, 0.3) is 11.5 Å². The molecule has 138 valence electrons. The van der Waals surface area contributed by atoms with Gasteiger partial charge < -0.3 is 14.6 Å². The van der Waals surface area contributed by atoms with Crippen molar-refractivity contribution in [2.45, 2.75) is 6.54 Å². The lowest BCUT2D eigenvalue weighted by molar-refractivity contribution is 0.102. The van der Waals surface area contributed by atoms with Gasteiger partial charge in [-0.15, -0.1) is 0 Å². The number of para-hydroxylation sites is 2. The molecule has 0 aliphatic carbocycles. The van der Waals surface area contributed by atoms with E-state index in [1.165, 1.54) is 36.1 Å². The van der Waals surface area contributed by atoms with Crippen LogP contribution in [0.1, 0.15) is 15.9 Å². The molecule has 1 N–H and O–H groups in total. The zero-order chi connectivity index (χ0) is 19.4. The van der Waals surface area contributed by atoms with E-state index < -0.39 is 17.3 Å². The Morgan fingerprint density at radius 1 is 1.15 bits per heavy atom. The van der Waals surface area contributed by atoms with Gasteiger partial charge in [0.1, 0.15) is 17.1 Å². The van der Waals surface area contributed by atoms with Gasteiger partial charge in [0, 0.05) is 16.8 Å². The molecular weight excluding hydrogens is 371 g/mol. The third-order valence-corrected chi connectivity index (χ3v) is 4.36. The Labute approximate surface area is 160 Å². The summed E-state index contributed by atoms with van der Waals surface area (Å²) in [7, 11) is 1.48. The van der Waals surface area contributed by atoms with Gasteiger partial charge >= 0.3 is 0 Å². The summed E-state index contributed by atoms with van der Waals surface area (Å²) in [6.45, 7) is -0.0832. The van der Waals surface area contributed by atoms with Crippen molar-refractivity contribution in [1.82, 2.24) is 4.57 Å². The van der Waals surface area contributed by atoms with E-state index in [1.807, 2.05) is 0 Å². The van der Waals surface area contributed by atoms with Crippen LogP contribution < -0.4 is 15.6 Å². The Balaban J connectivity index is 1.91. The molecule has 2 aromatic carbocycles. The molecule has 3 rings (SSSR count). The fourth-order valence-electron chi connectivity index (χ4n) is 2.63. The lowest BCUT2D eigenvalue weighted by Gasteiger charge is -2.12. The van der Waals surface area contributed by atoms with Gasteiger partial charge in [0.15, 0.2) is 0 Å². The molecular formula is C20H16ClFN2O3. The highest BCUT2D eigenvalue weighted by Gasteiger charge is 2.16. The van der Waals surface area contributed by atoms with Gasteiger partial charge in [-0.25, -0.2) is 4.39 Å². The number of pyridine rings is 1. The number of carbonyl (C=O) groups excluding carboxylic acids is 1. The van der Waals surface area contributed by atoms with E-state index in [-0.39, 0.29) is 22.7 Å². The number of rotatable bonds is 5. The topological polar surface area (TPSA) is 60.3 Å². The summed E-state index contributed by atoms with van der Waals surface area (Å²) < 4.78 is 20.4. The Morgan fingerprint density at radius 3 is 2.67 bits per heavy atom. The van der Waals surface area contributed by atoms with E-state index in [4.69, 9.17) is 16.3 Å². The summed E-state index contributed by atoms with van der Waals surface area (Å²) in [6.07, 6.45) is 1.48. The van der Waals surface area contributed by atoms with Gasteiger partial charge in [-0.1, -0.05) is 29.8 Å². The Morgan fingerprint density at radius 2 is 1.93 bits per heavy atom. The lowest BCUT2D eigenvalue weighted by atomic mass is 10.2. The number of carbonyl (C=O) groups is 1. The minimum Gasteiger partial charge on any atom is -0.495 e. The van der Waals surface area contributed by atoms with Crippen LogP contribution in [-0.4, -0.2) is 17.6 Å². The van der Waals surface area contributed by atoms with Crippen molar-refractivity contribution in [1.29, 1.82) is 0 Å². The fraction of sp³-hybridized carbons (Fsp3) is 0.100. The van der Waals surface area contributed by atoms with Crippen LogP contribution >= 0.6 is 11.6 Å². The van der Waals surface area contributed by atoms with Crippen molar-refractivity contribution in [3.63, 3.8) is 0 Å².